The molecule has 0 aliphatic heterocycles. The molecule has 120 valence electrons. The van der Waals surface area contributed by atoms with Crippen LogP contribution in [0.5, 0.6) is 0 Å². The predicted molar refractivity (Wildman–Crippen MR) is 83.2 cm³/mol. The van der Waals surface area contributed by atoms with Crippen molar-refractivity contribution in [1.82, 2.24) is 4.90 Å². The molecular formula is C16H29N3O2. The van der Waals surface area contributed by atoms with Gasteiger partial charge in [-0.15, -0.1) is 0 Å². The molecule has 2 aliphatic carbocycles. The molecule has 2 aliphatic rings. The highest BCUT2D eigenvalue weighted by Crippen LogP contribution is 2.31. The summed E-state index contributed by atoms with van der Waals surface area (Å²) in [5.74, 6) is -0.459. The minimum Gasteiger partial charge on any atom is -0.409 e. The van der Waals surface area contributed by atoms with Gasteiger partial charge >= 0.3 is 0 Å². The third kappa shape index (κ3) is 3.89. The van der Waals surface area contributed by atoms with Crippen LogP contribution in [0.2, 0.25) is 0 Å². The third-order valence-corrected chi connectivity index (χ3v) is 5.12. The summed E-state index contributed by atoms with van der Waals surface area (Å²) in [6.07, 6.45) is 11.8. The number of carbonyl (C=O) groups excluding carboxylic acids is 1. The molecule has 1 atom stereocenters. The van der Waals surface area contributed by atoms with E-state index in [1.165, 1.54) is 38.5 Å². The van der Waals surface area contributed by atoms with Crippen LogP contribution in [0.3, 0.4) is 0 Å². The molecule has 0 spiro atoms. The maximum absolute atomic E-state index is 12.9. The van der Waals surface area contributed by atoms with E-state index in [9.17, 15) is 4.79 Å². The molecule has 1 unspecified atom stereocenters. The Labute approximate surface area is 127 Å². The molecule has 5 heteroatoms. The van der Waals surface area contributed by atoms with Gasteiger partial charge in [0.05, 0.1) is 5.92 Å². The molecule has 0 radical (unpaired) electrons. The third-order valence-electron chi connectivity index (χ3n) is 5.12. The summed E-state index contributed by atoms with van der Waals surface area (Å²) in [6.45, 7) is 1.75. The van der Waals surface area contributed by atoms with Gasteiger partial charge in [-0.25, -0.2) is 0 Å². The molecular weight excluding hydrogens is 266 g/mol. The molecule has 21 heavy (non-hydrogen) atoms. The normalized spacial score (nSPS) is 23.8. The van der Waals surface area contributed by atoms with E-state index >= 15 is 0 Å². The fourth-order valence-electron chi connectivity index (χ4n) is 3.81. The summed E-state index contributed by atoms with van der Waals surface area (Å²) >= 11 is 0. The van der Waals surface area contributed by atoms with Crippen LogP contribution in [0.4, 0.5) is 0 Å². The molecule has 1 amide bonds. The van der Waals surface area contributed by atoms with Crippen LogP contribution in [0.15, 0.2) is 5.16 Å². The lowest BCUT2D eigenvalue weighted by Crippen LogP contribution is -2.52. The van der Waals surface area contributed by atoms with Gasteiger partial charge in [0.2, 0.25) is 5.91 Å². The van der Waals surface area contributed by atoms with Gasteiger partial charge < -0.3 is 15.8 Å². The van der Waals surface area contributed by atoms with Crippen LogP contribution >= 0.6 is 0 Å². The van der Waals surface area contributed by atoms with E-state index in [-0.39, 0.29) is 11.7 Å². The van der Waals surface area contributed by atoms with Crippen molar-refractivity contribution in [1.29, 1.82) is 0 Å². The lowest BCUT2D eigenvalue weighted by atomic mass is 9.87. The molecule has 2 saturated carbocycles. The van der Waals surface area contributed by atoms with E-state index < -0.39 is 5.92 Å². The average molecular weight is 295 g/mol. The Balaban J connectivity index is 2.15. The van der Waals surface area contributed by atoms with Crippen LogP contribution < -0.4 is 5.73 Å². The van der Waals surface area contributed by atoms with Gasteiger partial charge in [-0.2, -0.15) is 0 Å². The van der Waals surface area contributed by atoms with Gasteiger partial charge in [-0.05, 0) is 32.6 Å². The zero-order valence-corrected chi connectivity index (χ0v) is 13.1. The van der Waals surface area contributed by atoms with Crippen molar-refractivity contribution < 1.29 is 10.0 Å². The first-order valence-electron chi connectivity index (χ1n) is 8.44. The lowest BCUT2D eigenvalue weighted by Gasteiger charge is -2.42. The minimum atomic E-state index is -0.529. The first-order chi connectivity index (χ1) is 10.1. The Morgan fingerprint density at radius 3 is 1.86 bits per heavy atom. The van der Waals surface area contributed by atoms with Gasteiger partial charge in [0.15, 0.2) is 5.84 Å². The predicted octanol–water partition coefficient (Wildman–Crippen LogP) is 2.86. The van der Waals surface area contributed by atoms with Crippen molar-refractivity contribution in [2.24, 2.45) is 16.8 Å². The molecule has 0 aromatic heterocycles. The molecule has 5 nitrogen and oxygen atoms in total. The molecule has 2 fully saturated rings. The minimum absolute atomic E-state index is 0.0246. The Bertz CT molecular complexity index is 354. The molecule has 0 heterocycles. The number of nitrogens with two attached hydrogens (primary N) is 1. The lowest BCUT2D eigenvalue weighted by molar-refractivity contribution is -0.139. The van der Waals surface area contributed by atoms with E-state index in [1.807, 2.05) is 0 Å². The fourth-order valence-corrected chi connectivity index (χ4v) is 3.81. The topological polar surface area (TPSA) is 78.9 Å². The zero-order valence-electron chi connectivity index (χ0n) is 13.1. The Kier molecular flexibility index (Phi) is 5.88. The number of hydrogen-bond acceptors (Lipinski definition) is 3. The number of hydrogen-bond donors (Lipinski definition) is 2. The summed E-state index contributed by atoms with van der Waals surface area (Å²) in [7, 11) is 0. The van der Waals surface area contributed by atoms with E-state index in [2.05, 4.69) is 10.1 Å². The summed E-state index contributed by atoms with van der Waals surface area (Å²) in [5.41, 5.74) is 5.67. The molecule has 0 aromatic rings. The quantitative estimate of drug-likeness (QED) is 0.362. The molecule has 3 N–H and O–H groups in total. The van der Waals surface area contributed by atoms with Crippen LogP contribution in [0, 0.1) is 5.92 Å². The smallest absolute Gasteiger partial charge is 0.233 e. The van der Waals surface area contributed by atoms with Crippen LogP contribution in [0.1, 0.15) is 71.1 Å². The molecule has 0 saturated heterocycles. The van der Waals surface area contributed by atoms with Gasteiger partial charge in [0.1, 0.15) is 0 Å². The van der Waals surface area contributed by atoms with Crippen LogP contribution in [-0.4, -0.2) is 33.9 Å². The number of rotatable bonds is 4. The first-order valence-corrected chi connectivity index (χ1v) is 8.44. The van der Waals surface area contributed by atoms with Gasteiger partial charge in [-0.3, -0.25) is 4.79 Å². The van der Waals surface area contributed by atoms with E-state index in [4.69, 9.17) is 10.9 Å². The summed E-state index contributed by atoms with van der Waals surface area (Å²) in [4.78, 5) is 15.0. The maximum Gasteiger partial charge on any atom is 0.233 e. The zero-order chi connectivity index (χ0) is 15.2. The summed E-state index contributed by atoms with van der Waals surface area (Å²) in [6, 6.07) is 0.701. The van der Waals surface area contributed by atoms with E-state index in [1.54, 1.807) is 6.92 Å². The SMILES string of the molecule is CC(C(=O)N(C1CCCCC1)C1CCCCC1)C(N)=NO. The number of carbonyl (C=O) groups is 1. The second-order valence-corrected chi connectivity index (χ2v) is 6.58. The second-order valence-electron chi connectivity index (χ2n) is 6.58. The number of amides is 1. The maximum atomic E-state index is 12.9. The van der Waals surface area contributed by atoms with E-state index in [0.29, 0.717) is 12.1 Å². The molecule has 0 bridgehead atoms. The van der Waals surface area contributed by atoms with Crippen LogP contribution in [-0.2, 0) is 4.79 Å². The number of oxime groups is 1. The highest BCUT2D eigenvalue weighted by molar-refractivity contribution is 6.01. The summed E-state index contributed by atoms with van der Waals surface area (Å²) < 4.78 is 0. The monoisotopic (exact) mass is 295 g/mol. The Hall–Kier alpha value is -1.26. The second kappa shape index (κ2) is 7.66. The Morgan fingerprint density at radius 1 is 1.05 bits per heavy atom. The van der Waals surface area contributed by atoms with Crippen molar-refractivity contribution >= 4 is 11.7 Å². The number of nitrogens with zero attached hydrogens (tertiary/aromatic N) is 2. The van der Waals surface area contributed by atoms with Crippen molar-refractivity contribution in [3.63, 3.8) is 0 Å². The van der Waals surface area contributed by atoms with Gasteiger partial charge in [-0.1, -0.05) is 43.7 Å². The Morgan fingerprint density at radius 2 is 1.48 bits per heavy atom. The molecule has 2 rings (SSSR count). The summed E-state index contributed by atoms with van der Waals surface area (Å²) in [5, 5.41) is 11.9. The standard InChI is InChI=1S/C16H29N3O2/c1-12(15(17)18-21)16(20)19(13-8-4-2-5-9-13)14-10-6-3-7-11-14/h12-14,21H,2-11H2,1H3,(H2,17,18). The fraction of sp³-hybridized carbons (Fsp3) is 0.875. The van der Waals surface area contributed by atoms with E-state index in [0.717, 1.165) is 25.7 Å². The highest BCUT2D eigenvalue weighted by atomic mass is 16.4. The van der Waals surface area contributed by atoms with Crippen molar-refractivity contribution in [3.8, 4) is 0 Å². The van der Waals surface area contributed by atoms with Crippen LogP contribution in [0.25, 0.3) is 0 Å². The molecule has 0 aromatic carbocycles. The van der Waals surface area contributed by atoms with Gasteiger partial charge in [0, 0.05) is 12.1 Å². The largest absolute Gasteiger partial charge is 0.409 e. The first kappa shape index (κ1) is 16.1. The van der Waals surface area contributed by atoms with Gasteiger partial charge in [0.25, 0.3) is 0 Å². The van der Waals surface area contributed by atoms with Crippen molar-refractivity contribution in [2.75, 3.05) is 0 Å². The van der Waals surface area contributed by atoms with Crippen molar-refractivity contribution in [3.05, 3.63) is 0 Å². The highest BCUT2D eigenvalue weighted by Gasteiger charge is 2.35. The van der Waals surface area contributed by atoms with Crippen molar-refractivity contribution in [2.45, 2.75) is 83.2 Å². The number of amidine groups is 1. The average Bonchev–Trinajstić information content (AvgIpc) is 2.55.